The number of aromatic amines is 1. The Hall–Kier alpha value is -5.42. The van der Waals surface area contributed by atoms with Gasteiger partial charge in [0.05, 0.1) is 6.33 Å². The molecule has 1 atom stereocenters. The second-order valence-corrected chi connectivity index (χ2v) is 10.6. The van der Waals surface area contributed by atoms with Gasteiger partial charge < -0.3 is 20.4 Å². The number of amides is 1. The fourth-order valence-corrected chi connectivity index (χ4v) is 5.48. The molecule has 7 rings (SSSR count). The molecule has 1 aliphatic heterocycles. The lowest BCUT2D eigenvalue weighted by Gasteiger charge is -2.23. The molecule has 0 radical (unpaired) electrons. The number of H-pyrrole nitrogens is 1. The molecule has 5 heterocycles. The zero-order valence-corrected chi connectivity index (χ0v) is 23.9. The Morgan fingerprint density at radius 2 is 1.91 bits per heavy atom. The van der Waals surface area contributed by atoms with Crippen LogP contribution in [0.1, 0.15) is 41.5 Å². The number of ether oxygens (including phenoxy) is 1. The summed E-state index contributed by atoms with van der Waals surface area (Å²) in [5.41, 5.74) is 6.90. The summed E-state index contributed by atoms with van der Waals surface area (Å²) in [5, 5.41) is 6.41. The molecule has 1 unspecified atom stereocenters. The van der Waals surface area contributed by atoms with Crippen LogP contribution in [-0.4, -0.2) is 42.0 Å². The number of halogens is 1. The monoisotopic (exact) mass is 588 g/mol. The third-order valence-electron chi connectivity index (χ3n) is 7.77. The van der Waals surface area contributed by atoms with E-state index < -0.39 is 0 Å². The molecule has 220 valence electrons. The average molecular weight is 589 g/mol. The standard InChI is InChI=1S/C33H29FN8O2/c1-20-7-12-23(40-33(43)29-24(13-15-35-29)21-8-10-22(34)11-9-21)17-26(20)41-31-25(5-4-14-36-31)28-30-32(38-18-37-28)42(19-39-30)27-6-2-3-16-44-27/h4-5,7-15,17-19,27,35H,2-3,6,16H2,1H3,(H,36,41)(H,40,43). The van der Waals surface area contributed by atoms with Crippen LogP contribution in [0.15, 0.2) is 85.7 Å². The highest BCUT2D eigenvalue weighted by molar-refractivity contribution is 6.07. The predicted molar refractivity (Wildman–Crippen MR) is 166 cm³/mol. The summed E-state index contributed by atoms with van der Waals surface area (Å²) in [5.74, 6) is -0.0621. The minimum Gasteiger partial charge on any atom is -0.358 e. The molecule has 0 spiro atoms. The zero-order valence-electron chi connectivity index (χ0n) is 23.9. The Morgan fingerprint density at radius 3 is 2.75 bits per heavy atom. The van der Waals surface area contributed by atoms with Gasteiger partial charge >= 0.3 is 0 Å². The van der Waals surface area contributed by atoms with Gasteiger partial charge in [-0.25, -0.2) is 24.3 Å². The van der Waals surface area contributed by atoms with Crippen molar-refractivity contribution in [2.75, 3.05) is 17.2 Å². The number of aromatic nitrogens is 6. The van der Waals surface area contributed by atoms with Gasteiger partial charge in [-0.05, 0) is 79.8 Å². The number of pyridine rings is 1. The van der Waals surface area contributed by atoms with Gasteiger partial charge in [-0.2, -0.15) is 0 Å². The molecule has 0 aliphatic carbocycles. The third-order valence-corrected chi connectivity index (χ3v) is 7.77. The second kappa shape index (κ2) is 11.7. The first-order chi connectivity index (χ1) is 21.5. The SMILES string of the molecule is Cc1ccc(NC(=O)c2[nH]ccc2-c2ccc(F)cc2)cc1Nc1ncccc1-c1ncnc2c1ncn2C1CCCCO1. The first-order valence-corrected chi connectivity index (χ1v) is 14.4. The van der Waals surface area contributed by atoms with E-state index in [1.165, 1.54) is 18.5 Å². The van der Waals surface area contributed by atoms with Crippen LogP contribution < -0.4 is 10.6 Å². The highest BCUT2D eigenvalue weighted by Gasteiger charge is 2.22. The molecule has 11 heteroatoms. The summed E-state index contributed by atoms with van der Waals surface area (Å²) in [6, 6.07) is 17.2. The van der Waals surface area contributed by atoms with E-state index in [0.717, 1.165) is 48.2 Å². The molecule has 0 saturated carbocycles. The fraction of sp³-hybridized carbons (Fsp3) is 0.182. The minimum atomic E-state index is -0.334. The van der Waals surface area contributed by atoms with Crippen LogP contribution in [0, 0.1) is 12.7 Å². The van der Waals surface area contributed by atoms with E-state index in [2.05, 4.69) is 35.6 Å². The van der Waals surface area contributed by atoms with Crippen LogP contribution >= 0.6 is 0 Å². The molecule has 1 fully saturated rings. The molecular formula is C33H29FN8O2. The molecule has 2 aromatic carbocycles. The van der Waals surface area contributed by atoms with E-state index in [1.54, 1.807) is 36.9 Å². The number of rotatable bonds is 7. The number of fused-ring (bicyclic) bond motifs is 1. The summed E-state index contributed by atoms with van der Waals surface area (Å²) in [7, 11) is 0. The van der Waals surface area contributed by atoms with E-state index in [-0.39, 0.29) is 18.0 Å². The zero-order chi connectivity index (χ0) is 30.0. The number of aryl methyl sites for hydroxylation is 1. The van der Waals surface area contributed by atoms with Gasteiger partial charge in [0.25, 0.3) is 5.91 Å². The van der Waals surface area contributed by atoms with Crippen LogP contribution in [-0.2, 0) is 4.74 Å². The Bertz CT molecular complexity index is 1960. The van der Waals surface area contributed by atoms with Gasteiger partial charge in [0.1, 0.15) is 41.1 Å². The number of benzene rings is 2. The van der Waals surface area contributed by atoms with Gasteiger partial charge in [0.2, 0.25) is 0 Å². The first-order valence-electron chi connectivity index (χ1n) is 14.4. The van der Waals surface area contributed by atoms with E-state index >= 15 is 0 Å². The van der Waals surface area contributed by atoms with Gasteiger partial charge in [-0.3, -0.25) is 9.36 Å². The number of anilines is 3. The maximum atomic E-state index is 13.5. The predicted octanol–water partition coefficient (Wildman–Crippen LogP) is 7.03. The van der Waals surface area contributed by atoms with Gasteiger partial charge in [0, 0.05) is 41.5 Å². The van der Waals surface area contributed by atoms with Crippen molar-refractivity contribution in [3.8, 4) is 22.4 Å². The average Bonchev–Trinajstić information content (AvgIpc) is 3.72. The second-order valence-electron chi connectivity index (χ2n) is 10.6. The Morgan fingerprint density at radius 1 is 1.02 bits per heavy atom. The molecule has 1 saturated heterocycles. The Labute approximate surface area is 252 Å². The van der Waals surface area contributed by atoms with Gasteiger partial charge in [0.15, 0.2) is 5.65 Å². The minimum absolute atomic E-state index is 0.0960. The van der Waals surface area contributed by atoms with Crippen molar-refractivity contribution in [3.63, 3.8) is 0 Å². The lowest BCUT2D eigenvalue weighted by atomic mass is 10.1. The van der Waals surface area contributed by atoms with Crippen LogP contribution in [0.4, 0.5) is 21.6 Å². The third kappa shape index (κ3) is 5.29. The number of hydrogen-bond donors (Lipinski definition) is 3. The van der Waals surface area contributed by atoms with Gasteiger partial charge in [-0.1, -0.05) is 18.2 Å². The van der Waals surface area contributed by atoms with Crippen molar-refractivity contribution in [1.82, 2.24) is 29.5 Å². The first kappa shape index (κ1) is 27.4. The number of nitrogens with zero attached hydrogens (tertiary/aromatic N) is 5. The molecule has 3 N–H and O–H groups in total. The number of nitrogens with one attached hydrogen (secondary N) is 3. The van der Waals surface area contributed by atoms with E-state index in [1.807, 2.05) is 41.8 Å². The summed E-state index contributed by atoms with van der Waals surface area (Å²) < 4.78 is 21.4. The summed E-state index contributed by atoms with van der Waals surface area (Å²) in [6.45, 7) is 2.70. The summed E-state index contributed by atoms with van der Waals surface area (Å²) in [6.07, 6.45) is 9.67. The van der Waals surface area contributed by atoms with Crippen molar-refractivity contribution in [1.29, 1.82) is 0 Å². The molecular weight excluding hydrogens is 559 g/mol. The Kier molecular flexibility index (Phi) is 7.29. The van der Waals surface area contributed by atoms with E-state index in [9.17, 15) is 9.18 Å². The quantitative estimate of drug-likeness (QED) is 0.183. The summed E-state index contributed by atoms with van der Waals surface area (Å²) in [4.78, 5) is 34.7. The maximum Gasteiger partial charge on any atom is 0.272 e. The molecule has 44 heavy (non-hydrogen) atoms. The summed E-state index contributed by atoms with van der Waals surface area (Å²) >= 11 is 0. The van der Waals surface area contributed by atoms with Gasteiger partial charge in [-0.15, -0.1) is 0 Å². The van der Waals surface area contributed by atoms with Crippen molar-refractivity contribution in [2.45, 2.75) is 32.4 Å². The van der Waals surface area contributed by atoms with E-state index in [0.29, 0.717) is 39.6 Å². The van der Waals surface area contributed by atoms with Crippen molar-refractivity contribution in [3.05, 3.63) is 103 Å². The van der Waals surface area contributed by atoms with Crippen molar-refractivity contribution < 1.29 is 13.9 Å². The molecule has 0 bridgehead atoms. The number of hydrogen-bond acceptors (Lipinski definition) is 7. The van der Waals surface area contributed by atoms with E-state index in [4.69, 9.17) is 4.74 Å². The largest absolute Gasteiger partial charge is 0.358 e. The highest BCUT2D eigenvalue weighted by Crippen LogP contribution is 2.34. The molecule has 1 amide bonds. The molecule has 4 aromatic heterocycles. The molecule has 6 aromatic rings. The highest BCUT2D eigenvalue weighted by atomic mass is 19.1. The van der Waals surface area contributed by atoms with Crippen LogP contribution in [0.5, 0.6) is 0 Å². The van der Waals surface area contributed by atoms with Crippen LogP contribution in [0.2, 0.25) is 0 Å². The van der Waals surface area contributed by atoms with Crippen LogP contribution in [0.25, 0.3) is 33.5 Å². The van der Waals surface area contributed by atoms with Crippen LogP contribution in [0.3, 0.4) is 0 Å². The van der Waals surface area contributed by atoms with Crippen molar-refractivity contribution in [2.24, 2.45) is 0 Å². The maximum absolute atomic E-state index is 13.5. The fourth-order valence-electron chi connectivity index (χ4n) is 5.48. The molecule has 1 aliphatic rings. The topological polar surface area (TPSA) is 123 Å². The molecule has 10 nitrogen and oxygen atoms in total. The lowest BCUT2D eigenvalue weighted by molar-refractivity contribution is -0.0298. The number of carbonyl (C=O) groups is 1. The normalized spacial score (nSPS) is 14.9. The van der Waals surface area contributed by atoms with Crippen molar-refractivity contribution >= 4 is 34.3 Å². The lowest BCUT2D eigenvalue weighted by Crippen LogP contribution is -2.17. The number of imidazole rings is 1. The number of carbonyl (C=O) groups excluding carboxylic acids is 1. The smallest absolute Gasteiger partial charge is 0.272 e. The Balaban J connectivity index is 1.16.